The van der Waals surface area contributed by atoms with Gasteiger partial charge in [0.1, 0.15) is 11.9 Å². The Labute approximate surface area is 120 Å². The number of nitrogens with zero attached hydrogens (tertiary/aromatic N) is 2. The van der Waals surface area contributed by atoms with Gasteiger partial charge in [0.15, 0.2) is 0 Å². The Morgan fingerprint density at radius 3 is 3.00 bits per heavy atom. The van der Waals surface area contributed by atoms with Gasteiger partial charge in [0.05, 0.1) is 11.2 Å². The molecule has 1 aromatic rings. The van der Waals surface area contributed by atoms with Gasteiger partial charge in [0.25, 0.3) is 0 Å². The van der Waals surface area contributed by atoms with E-state index in [4.69, 9.17) is 10.00 Å². The third-order valence-electron chi connectivity index (χ3n) is 4.53. The lowest BCUT2D eigenvalue weighted by molar-refractivity contribution is -0.103. The summed E-state index contributed by atoms with van der Waals surface area (Å²) >= 11 is 0. The van der Waals surface area contributed by atoms with Gasteiger partial charge in [-0.1, -0.05) is 19.3 Å². The van der Waals surface area contributed by atoms with Crippen LogP contribution >= 0.6 is 0 Å². The standard InChI is InChI=1S/C16H21N3O/c17-12-13-5-4-9-18-15(13)19-14-6-10-20-16(11-14)7-2-1-3-8-16/h4-5,9,14H,1-3,6-8,10-11H2,(H,18,19)/t14-/m1/s1. The number of nitriles is 1. The molecule has 20 heavy (non-hydrogen) atoms. The van der Waals surface area contributed by atoms with Crippen LogP contribution in [0, 0.1) is 11.3 Å². The minimum absolute atomic E-state index is 0.0791. The highest BCUT2D eigenvalue weighted by Gasteiger charge is 2.38. The highest BCUT2D eigenvalue weighted by molar-refractivity contribution is 5.51. The van der Waals surface area contributed by atoms with Gasteiger partial charge in [0.2, 0.25) is 0 Å². The summed E-state index contributed by atoms with van der Waals surface area (Å²) < 4.78 is 6.11. The second-order valence-corrected chi connectivity index (χ2v) is 5.94. The number of aromatic nitrogens is 1. The van der Waals surface area contributed by atoms with E-state index in [1.54, 1.807) is 12.3 Å². The molecule has 0 amide bonds. The van der Waals surface area contributed by atoms with E-state index >= 15 is 0 Å². The second kappa shape index (κ2) is 5.80. The molecule has 3 rings (SSSR count). The first-order chi connectivity index (χ1) is 9.81. The quantitative estimate of drug-likeness (QED) is 0.897. The van der Waals surface area contributed by atoms with E-state index in [2.05, 4.69) is 16.4 Å². The topological polar surface area (TPSA) is 57.9 Å². The summed E-state index contributed by atoms with van der Waals surface area (Å²) in [6.45, 7) is 0.812. The number of anilines is 1. The SMILES string of the molecule is N#Cc1cccnc1N[C@@H]1CCOC2(CCCCC2)C1. The molecule has 0 unspecified atom stereocenters. The molecule has 2 fully saturated rings. The smallest absolute Gasteiger partial charge is 0.144 e. The van der Waals surface area contributed by atoms with Gasteiger partial charge >= 0.3 is 0 Å². The van der Waals surface area contributed by atoms with E-state index in [0.717, 1.165) is 19.4 Å². The number of hydrogen-bond donors (Lipinski definition) is 1. The maximum Gasteiger partial charge on any atom is 0.144 e. The first kappa shape index (κ1) is 13.4. The minimum atomic E-state index is 0.0791. The van der Waals surface area contributed by atoms with Crippen LogP contribution < -0.4 is 5.32 Å². The fraction of sp³-hybridized carbons (Fsp3) is 0.625. The lowest BCUT2D eigenvalue weighted by Gasteiger charge is -2.43. The van der Waals surface area contributed by atoms with Crippen molar-refractivity contribution in [3.8, 4) is 6.07 Å². The summed E-state index contributed by atoms with van der Waals surface area (Å²) in [7, 11) is 0. The number of nitrogens with one attached hydrogen (secondary N) is 1. The number of hydrogen-bond acceptors (Lipinski definition) is 4. The normalized spacial score (nSPS) is 25.1. The van der Waals surface area contributed by atoms with E-state index in [1.165, 1.54) is 32.1 Å². The van der Waals surface area contributed by atoms with Crippen molar-refractivity contribution in [1.82, 2.24) is 4.98 Å². The Morgan fingerprint density at radius 1 is 1.35 bits per heavy atom. The van der Waals surface area contributed by atoms with Gasteiger partial charge in [0, 0.05) is 18.8 Å². The van der Waals surface area contributed by atoms with Crippen molar-refractivity contribution in [2.75, 3.05) is 11.9 Å². The zero-order valence-corrected chi connectivity index (χ0v) is 11.8. The molecule has 4 heteroatoms. The molecule has 4 nitrogen and oxygen atoms in total. The molecule has 2 aliphatic rings. The zero-order chi connectivity index (χ0) is 13.8. The fourth-order valence-corrected chi connectivity index (χ4v) is 3.50. The van der Waals surface area contributed by atoms with Gasteiger partial charge in [-0.2, -0.15) is 5.26 Å². The van der Waals surface area contributed by atoms with Crippen molar-refractivity contribution < 1.29 is 4.74 Å². The third kappa shape index (κ3) is 2.78. The van der Waals surface area contributed by atoms with E-state index in [9.17, 15) is 0 Å². The summed E-state index contributed by atoms with van der Waals surface area (Å²) in [5.74, 6) is 0.716. The van der Waals surface area contributed by atoms with Gasteiger partial charge in [-0.3, -0.25) is 0 Å². The molecule has 0 aromatic carbocycles. The van der Waals surface area contributed by atoms with Crippen LogP contribution in [0.15, 0.2) is 18.3 Å². The Hall–Kier alpha value is -1.60. The summed E-state index contributed by atoms with van der Waals surface area (Å²) in [5, 5.41) is 12.6. The van der Waals surface area contributed by atoms with Crippen LogP contribution in [0.3, 0.4) is 0 Å². The van der Waals surface area contributed by atoms with Crippen LogP contribution in [0.5, 0.6) is 0 Å². The molecule has 1 aromatic heterocycles. The average Bonchev–Trinajstić information content (AvgIpc) is 2.49. The van der Waals surface area contributed by atoms with Gasteiger partial charge in [-0.05, 0) is 37.8 Å². The van der Waals surface area contributed by atoms with Gasteiger partial charge in [-0.25, -0.2) is 4.98 Å². The van der Waals surface area contributed by atoms with Crippen molar-refractivity contribution in [3.63, 3.8) is 0 Å². The number of pyridine rings is 1. The maximum atomic E-state index is 9.14. The van der Waals surface area contributed by atoms with Crippen LogP contribution in [0.4, 0.5) is 5.82 Å². The molecule has 2 heterocycles. The predicted molar refractivity (Wildman–Crippen MR) is 77.4 cm³/mol. The Balaban J connectivity index is 1.70. The summed E-state index contributed by atoms with van der Waals surface area (Å²) in [5.41, 5.74) is 0.701. The molecule has 1 saturated carbocycles. The summed E-state index contributed by atoms with van der Waals surface area (Å²) in [6.07, 6.45) is 10.0. The molecule has 106 valence electrons. The monoisotopic (exact) mass is 271 g/mol. The van der Waals surface area contributed by atoms with Crippen LogP contribution in [-0.2, 0) is 4.74 Å². The molecule has 1 aliphatic carbocycles. The van der Waals surface area contributed by atoms with E-state index in [0.29, 0.717) is 17.4 Å². The van der Waals surface area contributed by atoms with Crippen LogP contribution in [-0.4, -0.2) is 23.2 Å². The zero-order valence-electron chi connectivity index (χ0n) is 11.8. The average molecular weight is 271 g/mol. The van der Waals surface area contributed by atoms with Crippen molar-refractivity contribution >= 4 is 5.82 Å². The number of ether oxygens (including phenoxy) is 1. The van der Waals surface area contributed by atoms with Crippen LogP contribution in [0.1, 0.15) is 50.5 Å². The molecule has 1 spiro atoms. The Morgan fingerprint density at radius 2 is 2.20 bits per heavy atom. The van der Waals surface area contributed by atoms with Crippen molar-refractivity contribution in [2.24, 2.45) is 0 Å². The van der Waals surface area contributed by atoms with Gasteiger partial charge in [-0.15, -0.1) is 0 Å². The maximum absolute atomic E-state index is 9.14. The molecule has 1 N–H and O–H groups in total. The molecule has 0 bridgehead atoms. The summed E-state index contributed by atoms with van der Waals surface area (Å²) in [6, 6.07) is 6.18. The highest BCUT2D eigenvalue weighted by atomic mass is 16.5. The lowest BCUT2D eigenvalue weighted by Crippen LogP contribution is -2.45. The van der Waals surface area contributed by atoms with Crippen molar-refractivity contribution in [1.29, 1.82) is 5.26 Å². The van der Waals surface area contributed by atoms with E-state index in [-0.39, 0.29) is 5.60 Å². The molecule has 0 radical (unpaired) electrons. The lowest BCUT2D eigenvalue weighted by atomic mass is 9.78. The first-order valence-corrected chi connectivity index (χ1v) is 7.57. The highest BCUT2D eigenvalue weighted by Crippen LogP contribution is 2.39. The van der Waals surface area contributed by atoms with Crippen LogP contribution in [0.2, 0.25) is 0 Å². The molecular weight excluding hydrogens is 250 g/mol. The third-order valence-corrected chi connectivity index (χ3v) is 4.53. The van der Waals surface area contributed by atoms with Gasteiger partial charge < -0.3 is 10.1 Å². The molecule has 1 aliphatic heterocycles. The fourth-order valence-electron chi connectivity index (χ4n) is 3.50. The van der Waals surface area contributed by atoms with E-state index < -0.39 is 0 Å². The largest absolute Gasteiger partial charge is 0.375 e. The first-order valence-electron chi connectivity index (χ1n) is 7.57. The number of rotatable bonds is 2. The molecular formula is C16H21N3O. The Bertz CT molecular complexity index is 497. The predicted octanol–water partition coefficient (Wildman–Crippen LogP) is 3.25. The second-order valence-electron chi connectivity index (χ2n) is 5.94. The molecule has 1 saturated heterocycles. The van der Waals surface area contributed by atoms with E-state index in [1.807, 2.05) is 6.07 Å². The van der Waals surface area contributed by atoms with Crippen molar-refractivity contribution in [3.05, 3.63) is 23.9 Å². The van der Waals surface area contributed by atoms with Crippen LogP contribution in [0.25, 0.3) is 0 Å². The van der Waals surface area contributed by atoms with Crippen molar-refractivity contribution in [2.45, 2.75) is 56.6 Å². The molecule has 1 atom stereocenters. The Kier molecular flexibility index (Phi) is 3.88. The summed E-state index contributed by atoms with van der Waals surface area (Å²) in [4.78, 5) is 4.30. The minimum Gasteiger partial charge on any atom is -0.375 e.